The molecule has 0 aliphatic carbocycles. The number of benzene rings is 1. The standard InChI is InChI=1S/C19H25N3O3/c1-19(2,3)25-18(24)20-11-13-8-9-22(12-13)17(23)16-10-14-6-4-5-7-15(14)21-16/h4-7,10,13,21H,8-9,11-12H2,1-3H3,(H,20,24)/t13-/m1/s1. The Morgan fingerprint density at radius 2 is 2.08 bits per heavy atom. The monoisotopic (exact) mass is 343 g/mol. The number of likely N-dealkylation sites (tertiary alicyclic amines) is 1. The van der Waals surface area contributed by atoms with Crippen molar-refractivity contribution in [2.45, 2.75) is 32.8 Å². The Morgan fingerprint density at radius 1 is 1.32 bits per heavy atom. The van der Waals surface area contributed by atoms with Crippen LogP contribution in [0.3, 0.4) is 0 Å². The van der Waals surface area contributed by atoms with Gasteiger partial charge in [0.25, 0.3) is 5.91 Å². The first-order valence-corrected chi connectivity index (χ1v) is 8.66. The third kappa shape index (κ3) is 4.32. The summed E-state index contributed by atoms with van der Waals surface area (Å²) in [5.74, 6) is 0.261. The van der Waals surface area contributed by atoms with Crippen LogP contribution in [0.25, 0.3) is 10.9 Å². The first-order valence-electron chi connectivity index (χ1n) is 8.66. The van der Waals surface area contributed by atoms with Gasteiger partial charge in [-0.1, -0.05) is 18.2 Å². The molecular weight excluding hydrogens is 318 g/mol. The smallest absolute Gasteiger partial charge is 0.407 e. The van der Waals surface area contributed by atoms with Gasteiger partial charge in [0.2, 0.25) is 0 Å². The molecule has 6 nitrogen and oxygen atoms in total. The van der Waals surface area contributed by atoms with Crippen molar-refractivity contribution in [2.75, 3.05) is 19.6 Å². The van der Waals surface area contributed by atoms with E-state index in [1.165, 1.54) is 0 Å². The van der Waals surface area contributed by atoms with Crippen molar-refractivity contribution in [1.29, 1.82) is 0 Å². The molecule has 2 amide bonds. The number of rotatable bonds is 3. The SMILES string of the molecule is CC(C)(C)OC(=O)NC[C@H]1CCN(C(=O)c2cc3ccccc3[nH]2)C1. The highest BCUT2D eigenvalue weighted by Gasteiger charge is 2.28. The fourth-order valence-electron chi connectivity index (χ4n) is 3.08. The van der Waals surface area contributed by atoms with Gasteiger partial charge in [0.15, 0.2) is 0 Å². The third-order valence-electron chi connectivity index (χ3n) is 4.27. The highest BCUT2D eigenvalue weighted by molar-refractivity contribution is 5.98. The Morgan fingerprint density at radius 3 is 2.80 bits per heavy atom. The van der Waals surface area contributed by atoms with Crippen LogP contribution in [-0.2, 0) is 4.74 Å². The first-order chi connectivity index (χ1) is 11.8. The largest absolute Gasteiger partial charge is 0.444 e. The topological polar surface area (TPSA) is 74.4 Å². The van der Waals surface area contributed by atoms with Crippen molar-refractivity contribution in [1.82, 2.24) is 15.2 Å². The van der Waals surface area contributed by atoms with Crippen molar-refractivity contribution in [3.8, 4) is 0 Å². The number of alkyl carbamates (subject to hydrolysis) is 1. The lowest BCUT2D eigenvalue weighted by atomic mass is 10.1. The minimum atomic E-state index is -0.503. The maximum atomic E-state index is 12.7. The number of hydrogen-bond donors (Lipinski definition) is 2. The Hall–Kier alpha value is -2.50. The van der Waals surface area contributed by atoms with Crippen LogP contribution in [0.1, 0.15) is 37.7 Å². The number of carbonyl (C=O) groups excluding carboxylic acids is 2. The number of fused-ring (bicyclic) bond motifs is 1. The summed E-state index contributed by atoms with van der Waals surface area (Å²) >= 11 is 0. The van der Waals surface area contributed by atoms with Crippen LogP contribution in [0.5, 0.6) is 0 Å². The number of aromatic nitrogens is 1. The predicted octanol–water partition coefficient (Wildman–Crippen LogP) is 3.15. The van der Waals surface area contributed by atoms with Gasteiger partial charge in [0.05, 0.1) is 0 Å². The number of H-pyrrole nitrogens is 1. The second-order valence-electron chi connectivity index (χ2n) is 7.56. The summed E-state index contributed by atoms with van der Waals surface area (Å²) in [7, 11) is 0. The van der Waals surface area contributed by atoms with E-state index in [2.05, 4.69) is 10.3 Å². The van der Waals surface area contributed by atoms with E-state index in [1.807, 2.05) is 56.0 Å². The van der Waals surface area contributed by atoms with Gasteiger partial charge in [-0.3, -0.25) is 4.79 Å². The molecule has 1 aromatic heterocycles. The second-order valence-corrected chi connectivity index (χ2v) is 7.56. The molecule has 0 saturated carbocycles. The van der Waals surface area contributed by atoms with Gasteiger partial charge in [-0.15, -0.1) is 0 Å². The van der Waals surface area contributed by atoms with Crippen LogP contribution in [-0.4, -0.2) is 47.1 Å². The van der Waals surface area contributed by atoms with Crippen LogP contribution in [0.2, 0.25) is 0 Å². The number of nitrogens with one attached hydrogen (secondary N) is 2. The Kier molecular flexibility index (Phi) is 4.70. The van der Waals surface area contributed by atoms with Gasteiger partial charge >= 0.3 is 6.09 Å². The van der Waals surface area contributed by atoms with E-state index in [0.29, 0.717) is 25.3 Å². The summed E-state index contributed by atoms with van der Waals surface area (Å²) in [5.41, 5.74) is 1.08. The fourth-order valence-corrected chi connectivity index (χ4v) is 3.08. The predicted molar refractivity (Wildman–Crippen MR) is 96.5 cm³/mol. The van der Waals surface area contributed by atoms with Gasteiger partial charge < -0.3 is 19.9 Å². The molecule has 6 heteroatoms. The normalized spacial score (nSPS) is 17.7. The maximum absolute atomic E-state index is 12.7. The molecule has 1 aromatic carbocycles. The molecule has 0 bridgehead atoms. The lowest BCUT2D eigenvalue weighted by molar-refractivity contribution is 0.0520. The van der Waals surface area contributed by atoms with E-state index in [4.69, 9.17) is 4.74 Å². The third-order valence-corrected chi connectivity index (χ3v) is 4.27. The number of nitrogens with zero attached hydrogens (tertiary/aromatic N) is 1. The van der Waals surface area contributed by atoms with E-state index >= 15 is 0 Å². The molecule has 134 valence electrons. The molecule has 0 spiro atoms. The van der Waals surface area contributed by atoms with Crippen molar-refractivity contribution >= 4 is 22.9 Å². The van der Waals surface area contributed by atoms with E-state index in [1.54, 1.807) is 0 Å². The minimum Gasteiger partial charge on any atom is -0.444 e. The molecule has 1 saturated heterocycles. The minimum absolute atomic E-state index is 0.0102. The lowest BCUT2D eigenvalue weighted by Crippen LogP contribution is -2.36. The summed E-state index contributed by atoms with van der Waals surface area (Å²) in [4.78, 5) is 29.4. The van der Waals surface area contributed by atoms with Crippen molar-refractivity contribution in [3.63, 3.8) is 0 Å². The summed E-state index contributed by atoms with van der Waals surface area (Å²) in [6.07, 6.45) is 0.467. The number of ether oxygens (including phenoxy) is 1. The van der Waals surface area contributed by atoms with E-state index in [9.17, 15) is 9.59 Å². The van der Waals surface area contributed by atoms with Crippen molar-refractivity contribution in [3.05, 3.63) is 36.0 Å². The molecule has 1 aliphatic rings. The van der Waals surface area contributed by atoms with E-state index in [-0.39, 0.29) is 11.8 Å². The molecule has 2 N–H and O–H groups in total. The maximum Gasteiger partial charge on any atom is 0.407 e. The molecule has 3 rings (SSSR count). The zero-order valence-electron chi connectivity index (χ0n) is 15.0. The second kappa shape index (κ2) is 6.78. The molecule has 0 unspecified atom stereocenters. The van der Waals surface area contributed by atoms with Crippen molar-refractivity contribution in [2.24, 2.45) is 5.92 Å². The Balaban J connectivity index is 1.53. The van der Waals surface area contributed by atoms with Crippen molar-refractivity contribution < 1.29 is 14.3 Å². The van der Waals surface area contributed by atoms with Gasteiger partial charge in [-0.05, 0) is 45.2 Å². The zero-order valence-corrected chi connectivity index (χ0v) is 15.0. The van der Waals surface area contributed by atoms with Crippen LogP contribution in [0.4, 0.5) is 4.79 Å². The molecule has 2 heterocycles. The van der Waals surface area contributed by atoms with Gasteiger partial charge in [-0.2, -0.15) is 0 Å². The molecule has 1 fully saturated rings. The summed E-state index contributed by atoms with van der Waals surface area (Å²) < 4.78 is 5.24. The molecule has 1 atom stereocenters. The number of aromatic amines is 1. The average Bonchev–Trinajstić information content (AvgIpc) is 3.17. The zero-order chi connectivity index (χ0) is 18.0. The van der Waals surface area contributed by atoms with Crippen LogP contribution >= 0.6 is 0 Å². The van der Waals surface area contributed by atoms with Gasteiger partial charge in [0, 0.05) is 30.5 Å². The summed E-state index contributed by atoms with van der Waals surface area (Å²) in [6, 6.07) is 9.74. The number of carbonyl (C=O) groups is 2. The Labute approximate surface area is 147 Å². The number of amides is 2. The Bertz CT molecular complexity index is 743. The summed E-state index contributed by atoms with van der Waals surface area (Å²) in [5, 5.41) is 3.83. The average molecular weight is 343 g/mol. The van der Waals surface area contributed by atoms with Crippen LogP contribution in [0, 0.1) is 5.92 Å². The molecular formula is C19H25N3O3. The van der Waals surface area contributed by atoms with Gasteiger partial charge in [0.1, 0.15) is 11.3 Å². The lowest BCUT2D eigenvalue weighted by Gasteiger charge is -2.21. The van der Waals surface area contributed by atoms with E-state index in [0.717, 1.165) is 17.3 Å². The first kappa shape index (κ1) is 17.3. The van der Waals surface area contributed by atoms with Gasteiger partial charge in [-0.25, -0.2) is 4.79 Å². The van der Waals surface area contributed by atoms with Crippen LogP contribution in [0.15, 0.2) is 30.3 Å². The highest BCUT2D eigenvalue weighted by atomic mass is 16.6. The molecule has 2 aromatic rings. The summed E-state index contributed by atoms with van der Waals surface area (Å²) in [6.45, 7) is 7.37. The number of hydrogen-bond acceptors (Lipinski definition) is 3. The molecule has 0 radical (unpaired) electrons. The highest BCUT2D eigenvalue weighted by Crippen LogP contribution is 2.21. The number of para-hydroxylation sites is 1. The van der Waals surface area contributed by atoms with E-state index < -0.39 is 11.7 Å². The quantitative estimate of drug-likeness (QED) is 0.899. The fraction of sp³-hybridized carbons (Fsp3) is 0.474. The molecule has 1 aliphatic heterocycles. The molecule has 25 heavy (non-hydrogen) atoms. The van der Waals surface area contributed by atoms with Crippen LogP contribution < -0.4 is 5.32 Å².